The predicted octanol–water partition coefficient (Wildman–Crippen LogP) is 2.47. The van der Waals surface area contributed by atoms with Crippen molar-refractivity contribution in [2.75, 3.05) is 14.2 Å². The van der Waals surface area contributed by atoms with Crippen molar-refractivity contribution < 1.29 is 19.0 Å². The molecular formula is C15H18O4. The minimum atomic E-state index is -0.317. The smallest absolute Gasteiger partial charge is 0.334 e. The lowest BCUT2D eigenvalue weighted by atomic mass is 10.0. The Kier molecular flexibility index (Phi) is 4.44. The van der Waals surface area contributed by atoms with Crippen LogP contribution in [0.15, 0.2) is 36.1 Å². The van der Waals surface area contributed by atoms with Crippen LogP contribution in [0.5, 0.6) is 5.75 Å². The van der Waals surface area contributed by atoms with Crippen molar-refractivity contribution in [3.8, 4) is 5.75 Å². The third-order valence-electron chi connectivity index (χ3n) is 3.17. The summed E-state index contributed by atoms with van der Waals surface area (Å²) in [4.78, 5) is 11.3. The molecule has 0 radical (unpaired) electrons. The zero-order valence-electron chi connectivity index (χ0n) is 11.2. The molecule has 1 heterocycles. The minimum Gasteiger partial charge on any atom is -0.501 e. The van der Waals surface area contributed by atoms with Crippen LogP contribution >= 0.6 is 0 Å². The first kappa shape index (κ1) is 13.5. The van der Waals surface area contributed by atoms with E-state index in [-0.39, 0.29) is 12.1 Å². The fourth-order valence-corrected chi connectivity index (χ4v) is 2.08. The summed E-state index contributed by atoms with van der Waals surface area (Å²) in [5.74, 6) is 1.22. The Bertz CT molecular complexity index is 462. The summed E-state index contributed by atoms with van der Waals surface area (Å²) in [5.41, 5.74) is 1.20. The molecule has 0 spiro atoms. The van der Waals surface area contributed by atoms with Gasteiger partial charge in [-0.25, -0.2) is 4.79 Å². The van der Waals surface area contributed by atoms with Gasteiger partial charge in [0, 0.05) is 6.42 Å². The Balaban J connectivity index is 1.88. The number of benzene rings is 1. The maximum Gasteiger partial charge on any atom is 0.334 e. The molecule has 0 saturated carbocycles. The standard InChI is InChI=1S/C15H18O4/c1-17-12-6-3-11(4-7-12)5-8-13-9-14(18-2)10-15(16)19-13/h3-4,6-7,10,13H,5,8-9H2,1-2H3/t13-/m1/s1. The van der Waals surface area contributed by atoms with Gasteiger partial charge in [-0.2, -0.15) is 0 Å². The Morgan fingerprint density at radius 1 is 1.21 bits per heavy atom. The fraction of sp³-hybridized carbons (Fsp3) is 0.400. The lowest BCUT2D eigenvalue weighted by Crippen LogP contribution is -2.23. The SMILES string of the molecule is COC1=CC(=O)O[C@H](CCc2ccc(OC)cc2)C1. The van der Waals surface area contributed by atoms with E-state index < -0.39 is 0 Å². The normalized spacial score (nSPS) is 18.5. The quantitative estimate of drug-likeness (QED) is 0.765. The van der Waals surface area contributed by atoms with Crippen molar-refractivity contribution in [2.45, 2.75) is 25.4 Å². The van der Waals surface area contributed by atoms with Crippen molar-refractivity contribution in [3.63, 3.8) is 0 Å². The van der Waals surface area contributed by atoms with Crippen LogP contribution in [0, 0.1) is 0 Å². The first-order chi connectivity index (χ1) is 9.21. The van der Waals surface area contributed by atoms with Crippen LogP contribution < -0.4 is 4.74 Å². The molecule has 0 saturated heterocycles. The molecule has 102 valence electrons. The molecule has 1 aromatic rings. The number of esters is 1. The summed E-state index contributed by atoms with van der Waals surface area (Å²) in [6, 6.07) is 7.92. The van der Waals surface area contributed by atoms with Crippen LogP contribution in [-0.4, -0.2) is 26.3 Å². The van der Waals surface area contributed by atoms with Crippen molar-refractivity contribution in [1.29, 1.82) is 0 Å². The van der Waals surface area contributed by atoms with E-state index in [0.717, 1.165) is 18.6 Å². The fourth-order valence-electron chi connectivity index (χ4n) is 2.08. The van der Waals surface area contributed by atoms with E-state index in [0.29, 0.717) is 12.2 Å². The number of carbonyl (C=O) groups excluding carboxylic acids is 1. The van der Waals surface area contributed by atoms with Crippen LogP contribution in [0.25, 0.3) is 0 Å². The molecule has 4 heteroatoms. The van der Waals surface area contributed by atoms with Gasteiger partial charge in [-0.15, -0.1) is 0 Å². The first-order valence-corrected chi connectivity index (χ1v) is 6.29. The molecule has 0 bridgehead atoms. The van der Waals surface area contributed by atoms with Gasteiger partial charge >= 0.3 is 5.97 Å². The van der Waals surface area contributed by atoms with Gasteiger partial charge in [-0.1, -0.05) is 12.1 Å². The van der Waals surface area contributed by atoms with Gasteiger partial charge in [-0.3, -0.25) is 0 Å². The van der Waals surface area contributed by atoms with Gasteiger partial charge in [0.1, 0.15) is 17.6 Å². The largest absolute Gasteiger partial charge is 0.501 e. The second kappa shape index (κ2) is 6.27. The lowest BCUT2D eigenvalue weighted by molar-refractivity contribution is -0.145. The van der Waals surface area contributed by atoms with E-state index in [9.17, 15) is 4.79 Å². The van der Waals surface area contributed by atoms with E-state index in [1.54, 1.807) is 14.2 Å². The second-order valence-electron chi connectivity index (χ2n) is 4.46. The molecule has 0 fully saturated rings. The lowest BCUT2D eigenvalue weighted by Gasteiger charge is -2.22. The molecule has 1 aliphatic heterocycles. The summed E-state index contributed by atoms with van der Waals surface area (Å²) in [5, 5.41) is 0. The van der Waals surface area contributed by atoms with Crippen LogP contribution in [0.3, 0.4) is 0 Å². The van der Waals surface area contributed by atoms with Crippen molar-refractivity contribution in [1.82, 2.24) is 0 Å². The van der Waals surface area contributed by atoms with E-state index in [1.807, 2.05) is 24.3 Å². The number of methoxy groups -OCH3 is 2. The van der Waals surface area contributed by atoms with Crippen LogP contribution in [-0.2, 0) is 20.7 Å². The molecule has 0 aromatic heterocycles. The van der Waals surface area contributed by atoms with E-state index in [1.165, 1.54) is 11.6 Å². The molecule has 0 aliphatic carbocycles. The molecule has 1 aliphatic rings. The van der Waals surface area contributed by atoms with E-state index in [4.69, 9.17) is 14.2 Å². The third-order valence-corrected chi connectivity index (χ3v) is 3.17. The highest BCUT2D eigenvalue weighted by Gasteiger charge is 2.21. The van der Waals surface area contributed by atoms with Gasteiger partial charge < -0.3 is 14.2 Å². The summed E-state index contributed by atoms with van der Waals surface area (Å²) in [6.45, 7) is 0. The Morgan fingerprint density at radius 3 is 2.58 bits per heavy atom. The molecular weight excluding hydrogens is 244 g/mol. The van der Waals surface area contributed by atoms with Crippen LogP contribution in [0.1, 0.15) is 18.4 Å². The highest BCUT2D eigenvalue weighted by atomic mass is 16.5. The number of carbonyl (C=O) groups is 1. The molecule has 1 atom stereocenters. The molecule has 0 N–H and O–H groups in total. The minimum absolute atomic E-state index is 0.102. The highest BCUT2D eigenvalue weighted by molar-refractivity contribution is 5.83. The third kappa shape index (κ3) is 3.74. The topological polar surface area (TPSA) is 44.8 Å². The summed E-state index contributed by atoms with van der Waals surface area (Å²) in [6.07, 6.45) is 3.61. The zero-order chi connectivity index (χ0) is 13.7. The first-order valence-electron chi connectivity index (χ1n) is 6.29. The Labute approximate surface area is 113 Å². The van der Waals surface area contributed by atoms with Crippen LogP contribution in [0.4, 0.5) is 0 Å². The zero-order valence-corrected chi connectivity index (χ0v) is 11.2. The maximum atomic E-state index is 11.3. The van der Waals surface area contributed by atoms with E-state index >= 15 is 0 Å². The summed E-state index contributed by atoms with van der Waals surface area (Å²) >= 11 is 0. The Hall–Kier alpha value is -1.97. The number of cyclic esters (lactones) is 1. The molecule has 2 rings (SSSR count). The van der Waals surface area contributed by atoms with Crippen molar-refractivity contribution >= 4 is 5.97 Å². The van der Waals surface area contributed by atoms with Crippen molar-refractivity contribution in [3.05, 3.63) is 41.7 Å². The second-order valence-corrected chi connectivity index (χ2v) is 4.46. The number of aryl methyl sites for hydroxylation is 1. The number of hydrogen-bond donors (Lipinski definition) is 0. The summed E-state index contributed by atoms with van der Waals surface area (Å²) < 4.78 is 15.5. The number of ether oxygens (including phenoxy) is 3. The van der Waals surface area contributed by atoms with Gasteiger partial charge in [0.05, 0.1) is 20.3 Å². The monoisotopic (exact) mass is 262 g/mol. The molecule has 0 amide bonds. The van der Waals surface area contributed by atoms with Gasteiger partial charge in [-0.05, 0) is 30.5 Å². The van der Waals surface area contributed by atoms with E-state index in [2.05, 4.69) is 0 Å². The van der Waals surface area contributed by atoms with Crippen LogP contribution in [0.2, 0.25) is 0 Å². The van der Waals surface area contributed by atoms with Gasteiger partial charge in [0.15, 0.2) is 0 Å². The average Bonchev–Trinajstić information content (AvgIpc) is 2.45. The molecule has 4 nitrogen and oxygen atoms in total. The molecule has 1 aromatic carbocycles. The van der Waals surface area contributed by atoms with Crippen molar-refractivity contribution in [2.24, 2.45) is 0 Å². The number of rotatable bonds is 5. The highest BCUT2D eigenvalue weighted by Crippen LogP contribution is 2.21. The molecule has 19 heavy (non-hydrogen) atoms. The average molecular weight is 262 g/mol. The predicted molar refractivity (Wildman–Crippen MR) is 70.9 cm³/mol. The number of hydrogen-bond acceptors (Lipinski definition) is 4. The maximum absolute atomic E-state index is 11.3. The summed E-state index contributed by atoms with van der Waals surface area (Å²) in [7, 11) is 3.22. The van der Waals surface area contributed by atoms with Gasteiger partial charge in [0.2, 0.25) is 0 Å². The Morgan fingerprint density at radius 2 is 1.95 bits per heavy atom. The van der Waals surface area contributed by atoms with Gasteiger partial charge in [0.25, 0.3) is 0 Å². The molecule has 0 unspecified atom stereocenters.